The number of ketones is 1. The molecule has 2 aromatic rings. The average molecular weight is 476 g/mol. The molecule has 1 aliphatic rings. The molecule has 1 aliphatic heterocycles. The monoisotopic (exact) mass is 475 g/mol. The van der Waals surface area contributed by atoms with Gasteiger partial charge >= 0.3 is 0 Å². The molecule has 0 spiro atoms. The quantitative estimate of drug-likeness (QED) is 0.255. The summed E-state index contributed by atoms with van der Waals surface area (Å²) in [4.78, 5) is 27.5. The molecule has 1 amide bonds. The van der Waals surface area contributed by atoms with E-state index in [2.05, 4.69) is 0 Å². The zero-order chi connectivity index (χ0) is 24.1. The molecule has 1 heterocycles. The molecule has 1 N–H and O–H groups in total. The first kappa shape index (κ1) is 24.4. The lowest BCUT2D eigenvalue weighted by Crippen LogP contribution is -2.31. The second-order valence-corrected chi connectivity index (χ2v) is 7.74. The molecule has 1 saturated heterocycles. The van der Waals surface area contributed by atoms with E-state index in [-0.39, 0.29) is 17.9 Å². The number of likely N-dealkylation sites (tertiary alicyclic amines) is 1. The molecule has 1 fully saturated rings. The van der Waals surface area contributed by atoms with Gasteiger partial charge in [0.2, 0.25) is 5.75 Å². The van der Waals surface area contributed by atoms with Gasteiger partial charge in [-0.15, -0.1) is 0 Å². The molecule has 33 heavy (non-hydrogen) atoms. The minimum absolute atomic E-state index is 0.0333. The van der Waals surface area contributed by atoms with E-state index in [0.29, 0.717) is 46.4 Å². The molecule has 0 unspecified atom stereocenters. The van der Waals surface area contributed by atoms with Crippen molar-refractivity contribution in [2.45, 2.75) is 12.5 Å². The lowest BCUT2D eigenvalue weighted by atomic mass is 9.94. The van der Waals surface area contributed by atoms with Crippen LogP contribution in [0.5, 0.6) is 17.2 Å². The molecule has 176 valence electrons. The zero-order valence-corrected chi connectivity index (χ0v) is 19.6. The van der Waals surface area contributed by atoms with Crippen molar-refractivity contribution in [2.24, 2.45) is 0 Å². The highest BCUT2D eigenvalue weighted by Crippen LogP contribution is 2.45. The van der Waals surface area contributed by atoms with E-state index in [1.807, 2.05) is 0 Å². The summed E-state index contributed by atoms with van der Waals surface area (Å²) in [6, 6.07) is 8.82. The highest BCUT2D eigenvalue weighted by molar-refractivity contribution is 6.46. The lowest BCUT2D eigenvalue weighted by molar-refractivity contribution is -0.140. The third-order valence-corrected chi connectivity index (χ3v) is 5.66. The van der Waals surface area contributed by atoms with Crippen LogP contribution < -0.4 is 14.2 Å². The smallest absolute Gasteiger partial charge is 0.295 e. The maximum atomic E-state index is 13.1. The lowest BCUT2D eigenvalue weighted by Gasteiger charge is -2.26. The maximum absolute atomic E-state index is 13.1. The van der Waals surface area contributed by atoms with Gasteiger partial charge < -0.3 is 29.0 Å². The van der Waals surface area contributed by atoms with Gasteiger partial charge in [-0.25, -0.2) is 0 Å². The van der Waals surface area contributed by atoms with Crippen LogP contribution in [0.15, 0.2) is 42.0 Å². The number of carbonyl (C=O) groups is 2. The second kappa shape index (κ2) is 10.6. The number of halogens is 1. The number of benzene rings is 2. The van der Waals surface area contributed by atoms with Crippen LogP contribution in [0.3, 0.4) is 0 Å². The summed E-state index contributed by atoms with van der Waals surface area (Å²) in [6.07, 6.45) is 0.505. The fourth-order valence-corrected chi connectivity index (χ4v) is 3.98. The summed E-state index contributed by atoms with van der Waals surface area (Å²) in [5.41, 5.74) is 0.859. The predicted octanol–water partition coefficient (Wildman–Crippen LogP) is 3.82. The third kappa shape index (κ3) is 4.77. The van der Waals surface area contributed by atoms with E-state index in [4.69, 9.17) is 30.5 Å². The Morgan fingerprint density at radius 3 is 2.12 bits per heavy atom. The van der Waals surface area contributed by atoms with E-state index in [9.17, 15) is 14.7 Å². The first-order valence-electron chi connectivity index (χ1n) is 10.2. The maximum Gasteiger partial charge on any atom is 0.295 e. The highest BCUT2D eigenvalue weighted by Gasteiger charge is 2.46. The number of carbonyl (C=O) groups excluding carboxylic acids is 2. The molecule has 0 bridgehead atoms. The van der Waals surface area contributed by atoms with Crippen LogP contribution in [-0.4, -0.2) is 63.3 Å². The molecule has 2 aromatic carbocycles. The van der Waals surface area contributed by atoms with Gasteiger partial charge in [0.25, 0.3) is 11.7 Å². The van der Waals surface area contributed by atoms with Crippen molar-refractivity contribution in [3.05, 3.63) is 58.1 Å². The number of ether oxygens (including phenoxy) is 4. The number of nitrogens with zero attached hydrogens (tertiary/aromatic N) is 1. The van der Waals surface area contributed by atoms with Crippen molar-refractivity contribution in [1.82, 2.24) is 4.90 Å². The van der Waals surface area contributed by atoms with Crippen molar-refractivity contribution in [2.75, 3.05) is 41.6 Å². The van der Waals surface area contributed by atoms with Crippen molar-refractivity contribution in [1.29, 1.82) is 0 Å². The normalized spacial score (nSPS) is 17.4. The van der Waals surface area contributed by atoms with E-state index in [1.165, 1.54) is 26.2 Å². The molecule has 3 rings (SSSR count). The van der Waals surface area contributed by atoms with Gasteiger partial charge in [-0.2, -0.15) is 0 Å². The zero-order valence-electron chi connectivity index (χ0n) is 18.9. The first-order chi connectivity index (χ1) is 15.9. The number of aliphatic hydroxyl groups excluding tert-OH is 1. The summed E-state index contributed by atoms with van der Waals surface area (Å²) < 4.78 is 21.4. The molecule has 0 aliphatic carbocycles. The van der Waals surface area contributed by atoms with Crippen molar-refractivity contribution in [3.63, 3.8) is 0 Å². The van der Waals surface area contributed by atoms with Gasteiger partial charge in [0.05, 0.1) is 32.9 Å². The third-order valence-electron chi connectivity index (χ3n) is 5.41. The molecule has 0 saturated carbocycles. The number of Topliss-reactive ketones (excluding diaryl/α,β-unsaturated/α-hetero) is 1. The molecule has 8 nitrogen and oxygen atoms in total. The minimum Gasteiger partial charge on any atom is -0.507 e. The van der Waals surface area contributed by atoms with Crippen molar-refractivity contribution >= 4 is 29.1 Å². The van der Waals surface area contributed by atoms with Gasteiger partial charge in [0.15, 0.2) is 11.5 Å². The van der Waals surface area contributed by atoms with Crippen LogP contribution in [0, 0.1) is 0 Å². The van der Waals surface area contributed by atoms with Gasteiger partial charge in [0, 0.05) is 30.8 Å². The summed E-state index contributed by atoms with van der Waals surface area (Å²) in [5.74, 6) is -0.684. The van der Waals surface area contributed by atoms with E-state index in [0.717, 1.165) is 0 Å². The van der Waals surface area contributed by atoms with Crippen LogP contribution >= 0.6 is 11.6 Å². The minimum atomic E-state index is -0.869. The SMILES string of the molecule is COCCCN1C(=O)C(=O)C(=C(O)c2ccc(Cl)cc2)[C@H]1c1cc(OC)c(OC)c(OC)c1. The number of rotatable bonds is 9. The van der Waals surface area contributed by atoms with Crippen LogP contribution in [0.1, 0.15) is 23.6 Å². The average Bonchev–Trinajstić information content (AvgIpc) is 3.08. The van der Waals surface area contributed by atoms with Gasteiger partial charge in [0.1, 0.15) is 5.76 Å². The van der Waals surface area contributed by atoms with Crippen LogP contribution in [0.2, 0.25) is 5.02 Å². The summed E-state index contributed by atoms with van der Waals surface area (Å²) in [7, 11) is 6.00. The Bertz CT molecular complexity index is 1040. The number of hydrogen-bond donors (Lipinski definition) is 1. The first-order valence-corrected chi connectivity index (χ1v) is 10.6. The Morgan fingerprint density at radius 2 is 1.61 bits per heavy atom. The summed E-state index contributed by atoms with van der Waals surface area (Å²) in [6.45, 7) is 0.652. The predicted molar refractivity (Wildman–Crippen MR) is 123 cm³/mol. The van der Waals surface area contributed by atoms with Gasteiger partial charge in [-0.3, -0.25) is 9.59 Å². The van der Waals surface area contributed by atoms with Gasteiger partial charge in [-0.1, -0.05) is 11.6 Å². The summed E-state index contributed by atoms with van der Waals surface area (Å²) >= 11 is 5.96. The number of hydrogen-bond acceptors (Lipinski definition) is 7. The number of amides is 1. The standard InChI is InChI=1S/C24H26ClNO7/c1-30-11-5-10-26-20(15-12-17(31-2)23(33-4)18(13-15)32-3)19(22(28)24(26)29)21(27)14-6-8-16(25)9-7-14/h6-9,12-13,20,27H,5,10-11H2,1-4H3/t20-/m1/s1. The van der Waals surface area contributed by atoms with Gasteiger partial charge in [-0.05, 0) is 48.4 Å². The van der Waals surface area contributed by atoms with Crippen molar-refractivity contribution in [3.8, 4) is 17.2 Å². The fourth-order valence-electron chi connectivity index (χ4n) is 3.86. The van der Waals surface area contributed by atoms with E-state index in [1.54, 1.807) is 43.5 Å². The van der Waals surface area contributed by atoms with Crippen molar-refractivity contribution < 1.29 is 33.6 Å². The number of aliphatic hydroxyl groups is 1. The van der Waals surface area contributed by atoms with Crippen LogP contribution in [0.4, 0.5) is 0 Å². The Balaban J connectivity index is 2.22. The molecular weight excluding hydrogens is 450 g/mol. The van der Waals surface area contributed by atoms with Crippen LogP contribution in [0.25, 0.3) is 5.76 Å². The second-order valence-electron chi connectivity index (χ2n) is 7.30. The molecule has 1 atom stereocenters. The van der Waals surface area contributed by atoms with E-state index >= 15 is 0 Å². The topological polar surface area (TPSA) is 94.5 Å². The summed E-state index contributed by atoms with van der Waals surface area (Å²) in [5, 5.41) is 11.6. The number of methoxy groups -OCH3 is 4. The van der Waals surface area contributed by atoms with Crippen LogP contribution in [-0.2, 0) is 14.3 Å². The fraction of sp³-hybridized carbons (Fsp3) is 0.333. The Kier molecular flexibility index (Phi) is 7.84. The molecule has 9 heteroatoms. The highest BCUT2D eigenvalue weighted by atomic mass is 35.5. The molecule has 0 aromatic heterocycles. The Hall–Kier alpha value is -3.23. The van der Waals surface area contributed by atoms with E-state index < -0.39 is 17.7 Å². The Labute approximate surface area is 197 Å². The Morgan fingerprint density at radius 1 is 1.00 bits per heavy atom. The largest absolute Gasteiger partial charge is 0.507 e. The molecule has 0 radical (unpaired) electrons. The molecular formula is C24H26ClNO7.